The standard InChI is InChI=1S/C18H16N4O4S/c1-26-15-4-2-3-14(10-15)21-8-7-20-18(21)27-11-13-6-5-12(17(19)23)9-16(13)22(24)25/h2-10H,11H2,1H3,(H2,19,23). The quantitative estimate of drug-likeness (QED) is 0.380. The number of nitro groups is 1. The van der Waals surface area contributed by atoms with Crippen molar-refractivity contribution in [1.29, 1.82) is 0 Å². The Morgan fingerprint density at radius 2 is 2.15 bits per heavy atom. The van der Waals surface area contributed by atoms with Gasteiger partial charge in [0.25, 0.3) is 5.69 Å². The maximum absolute atomic E-state index is 11.3. The molecular weight excluding hydrogens is 368 g/mol. The van der Waals surface area contributed by atoms with Gasteiger partial charge in [0.1, 0.15) is 5.75 Å². The zero-order valence-corrected chi connectivity index (χ0v) is 15.2. The minimum atomic E-state index is -0.703. The maximum atomic E-state index is 11.3. The molecule has 8 nitrogen and oxygen atoms in total. The molecule has 9 heteroatoms. The molecule has 1 heterocycles. The predicted octanol–water partition coefficient (Wildman–Crippen LogP) is 3.18. The predicted molar refractivity (Wildman–Crippen MR) is 101 cm³/mol. The summed E-state index contributed by atoms with van der Waals surface area (Å²) in [5.41, 5.74) is 6.52. The van der Waals surface area contributed by atoms with Crippen LogP contribution in [-0.4, -0.2) is 27.5 Å². The highest BCUT2D eigenvalue weighted by molar-refractivity contribution is 7.98. The second kappa shape index (κ2) is 7.92. The maximum Gasteiger partial charge on any atom is 0.274 e. The molecule has 0 unspecified atom stereocenters. The first-order valence-corrected chi connectivity index (χ1v) is 8.86. The number of carbonyl (C=O) groups is 1. The summed E-state index contributed by atoms with van der Waals surface area (Å²) in [6.07, 6.45) is 3.47. The lowest BCUT2D eigenvalue weighted by atomic mass is 10.1. The highest BCUT2D eigenvalue weighted by Crippen LogP contribution is 2.30. The van der Waals surface area contributed by atoms with Crippen molar-refractivity contribution in [3.05, 3.63) is 76.1 Å². The Balaban J connectivity index is 1.85. The molecule has 0 aliphatic heterocycles. The van der Waals surface area contributed by atoms with Crippen molar-refractivity contribution in [2.24, 2.45) is 5.73 Å². The third-order valence-corrected chi connectivity index (χ3v) is 4.88. The zero-order valence-electron chi connectivity index (χ0n) is 14.4. The Morgan fingerprint density at radius 1 is 1.33 bits per heavy atom. The molecule has 0 spiro atoms. The molecule has 0 saturated heterocycles. The Morgan fingerprint density at radius 3 is 2.85 bits per heavy atom. The van der Waals surface area contributed by atoms with Crippen LogP contribution in [0.5, 0.6) is 5.75 Å². The van der Waals surface area contributed by atoms with E-state index in [2.05, 4.69) is 4.98 Å². The molecule has 27 heavy (non-hydrogen) atoms. The SMILES string of the molecule is COc1cccc(-n2ccnc2SCc2ccc(C(N)=O)cc2[N+](=O)[O-])c1. The van der Waals surface area contributed by atoms with Crippen LogP contribution in [0.15, 0.2) is 60.0 Å². The molecule has 0 bridgehead atoms. The van der Waals surface area contributed by atoms with Crippen LogP contribution < -0.4 is 10.5 Å². The van der Waals surface area contributed by atoms with E-state index in [1.807, 2.05) is 35.0 Å². The van der Waals surface area contributed by atoms with E-state index >= 15 is 0 Å². The summed E-state index contributed by atoms with van der Waals surface area (Å²) in [6, 6.07) is 11.7. The number of nitrogens with two attached hydrogens (primary N) is 1. The van der Waals surface area contributed by atoms with Crippen molar-refractivity contribution in [3.8, 4) is 11.4 Å². The van der Waals surface area contributed by atoms with Crippen LogP contribution in [0.3, 0.4) is 0 Å². The van der Waals surface area contributed by atoms with E-state index in [0.29, 0.717) is 16.5 Å². The highest BCUT2D eigenvalue weighted by atomic mass is 32.2. The zero-order chi connectivity index (χ0) is 19.4. The number of hydrogen-bond acceptors (Lipinski definition) is 6. The van der Waals surface area contributed by atoms with E-state index in [4.69, 9.17) is 10.5 Å². The monoisotopic (exact) mass is 384 g/mol. The number of imidazole rings is 1. The molecule has 3 rings (SSSR count). The summed E-state index contributed by atoms with van der Waals surface area (Å²) < 4.78 is 7.11. The Bertz CT molecular complexity index is 1000. The number of benzene rings is 2. The molecule has 1 amide bonds. The van der Waals surface area contributed by atoms with Crippen molar-refractivity contribution < 1.29 is 14.5 Å². The number of aromatic nitrogens is 2. The van der Waals surface area contributed by atoms with Gasteiger partial charge in [-0.2, -0.15) is 0 Å². The van der Waals surface area contributed by atoms with Crippen LogP contribution in [0.4, 0.5) is 5.69 Å². The minimum absolute atomic E-state index is 0.105. The van der Waals surface area contributed by atoms with Crippen LogP contribution >= 0.6 is 11.8 Å². The summed E-state index contributed by atoms with van der Waals surface area (Å²) in [5, 5.41) is 12.0. The van der Waals surface area contributed by atoms with Crippen LogP contribution in [0.25, 0.3) is 5.69 Å². The number of carbonyl (C=O) groups excluding carboxylic acids is 1. The number of thioether (sulfide) groups is 1. The number of methoxy groups -OCH3 is 1. The topological polar surface area (TPSA) is 113 Å². The van der Waals surface area contributed by atoms with E-state index in [9.17, 15) is 14.9 Å². The number of nitrogens with zero attached hydrogens (tertiary/aromatic N) is 3. The van der Waals surface area contributed by atoms with E-state index in [1.165, 1.54) is 23.9 Å². The Labute approximate surface area is 159 Å². The number of ether oxygens (including phenoxy) is 1. The van der Waals surface area contributed by atoms with Crippen molar-refractivity contribution in [3.63, 3.8) is 0 Å². The molecule has 2 N–H and O–H groups in total. The van der Waals surface area contributed by atoms with Gasteiger partial charge in [0.05, 0.1) is 17.7 Å². The van der Waals surface area contributed by atoms with Gasteiger partial charge in [0.15, 0.2) is 5.16 Å². The summed E-state index contributed by atoms with van der Waals surface area (Å²) >= 11 is 1.35. The van der Waals surface area contributed by atoms with Gasteiger partial charge < -0.3 is 10.5 Å². The summed E-state index contributed by atoms with van der Waals surface area (Å²) in [6.45, 7) is 0. The van der Waals surface area contributed by atoms with Gasteiger partial charge >= 0.3 is 0 Å². The average molecular weight is 384 g/mol. The van der Waals surface area contributed by atoms with E-state index in [1.54, 1.807) is 19.4 Å². The Kier molecular flexibility index (Phi) is 5.41. The average Bonchev–Trinajstić information content (AvgIpc) is 3.14. The number of rotatable bonds is 7. The fourth-order valence-corrected chi connectivity index (χ4v) is 3.47. The van der Waals surface area contributed by atoms with E-state index < -0.39 is 10.8 Å². The van der Waals surface area contributed by atoms with Gasteiger partial charge in [-0.05, 0) is 18.2 Å². The van der Waals surface area contributed by atoms with Gasteiger partial charge in [0, 0.05) is 41.4 Å². The molecule has 3 aromatic rings. The molecule has 0 aliphatic rings. The van der Waals surface area contributed by atoms with Gasteiger partial charge in [-0.3, -0.25) is 19.5 Å². The van der Waals surface area contributed by atoms with Crippen molar-refractivity contribution in [2.75, 3.05) is 7.11 Å². The van der Waals surface area contributed by atoms with Crippen LogP contribution in [0.2, 0.25) is 0 Å². The summed E-state index contributed by atoms with van der Waals surface area (Å²) in [7, 11) is 1.59. The van der Waals surface area contributed by atoms with Gasteiger partial charge in [0.2, 0.25) is 5.91 Å². The van der Waals surface area contributed by atoms with Crippen LogP contribution in [0, 0.1) is 10.1 Å². The van der Waals surface area contributed by atoms with Crippen molar-refractivity contribution in [1.82, 2.24) is 9.55 Å². The lowest BCUT2D eigenvalue weighted by molar-refractivity contribution is -0.385. The summed E-state index contributed by atoms with van der Waals surface area (Å²) in [4.78, 5) is 26.4. The van der Waals surface area contributed by atoms with Crippen molar-refractivity contribution >= 4 is 23.4 Å². The first-order chi connectivity index (χ1) is 13.0. The molecule has 2 aromatic carbocycles. The van der Waals surface area contributed by atoms with Gasteiger partial charge in [-0.25, -0.2) is 4.98 Å². The van der Waals surface area contributed by atoms with E-state index in [0.717, 1.165) is 11.4 Å². The highest BCUT2D eigenvalue weighted by Gasteiger charge is 2.17. The number of hydrogen-bond donors (Lipinski definition) is 1. The van der Waals surface area contributed by atoms with Crippen molar-refractivity contribution in [2.45, 2.75) is 10.9 Å². The minimum Gasteiger partial charge on any atom is -0.497 e. The molecule has 0 atom stereocenters. The van der Waals surface area contributed by atoms with Crippen LogP contribution in [-0.2, 0) is 5.75 Å². The number of primary amides is 1. The molecule has 1 aromatic heterocycles. The fraction of sp³-hybridized carbons (Fsp3) is 0.111. The molecular formula is C18H16N4O4S. The first kappa shape index (κ1) is 18.5. The molecule has 0 radical (unpaired) electrons. The normalized spacial score (nSPS) is 10.6. The largest absolute Gasteiger partial charge is 0.497 e. The fourth-order valence-electron chi connectivity index (χ4n) is 2.50. The number of nitro benzene ring substituents is 1. The first-order valence-electron chi connectivity index (χ1n) is 7.87. The molecule has 138 valence electrons. The molecule has 0 fully saturated rings. The third-order valence-electron chi connectivity index (χ3n) is 3.86. The van der Waals surface area contributed by atoms with E-state index in [-0.39, 0.29) is 11.3 Å². The third kappa shape index (κ3) is 4.09. The van der Waals surface area contributed by atoms with Gasteiger partial charge in [-0.15, -0.1) is 0 Å². The molecule has 0 aliphatic carbocycles. The molecule has 0 saturated carbocycles. The van der Waals surface area contributed by atoms with Gasteiger partial charge in [-0.1, -0.05) is 23.9 Å². The second-order valence-corrected chi connectivity index (χ2v) is 6.48. The Hall–Kier alpha value is -3.33. The lowest BCUT2D eigenvalue weighted by Crippen LogP contribution is -2.11. The smallest absolute Gasteiger partial charge is 0.274 e. The lowest BCUT2D eigenvalue weighted by Gasteiger charge is -2.09. The van der Waals surface area contributed by atoms with Crippen LogP contribution in [0.1, 0.15) is 15.9 Å². The second-order valence-electron chi connectivity index (χ2n) is 5.53. The summed E-state index contributed by atoms with van der Waals surface area (Å²) in [5.74, 6) is 0.330. The number of amides is 1.